The van der Waals surface area contributed by atoms with Gasteiger partial charge >= 0.3 is 0 Å². The molecule has 88 valence electrons. The van der Waals surface area contributed by atoms with Crippen molar-refractivity contribution in [2.45, 2.75) is 13.3 Å². The number of ether oxygens (including phenoxy) is 2. The van der Waals surface area contributed by atoms with Crippen LogP contribution in [0.2, 0.25) is 0 Å². The van der Waals surface area contributed by atoms with E-state index in [4.69, 9.17) is 9.47 Å². The summed E-state index contributed by atoms with van der Waals surface area (Å²) in [6, 6.07) is 9.27. The molecule has 1 rings (SSSR count). The molecule has 0 spiro atoms. The number of hydrogen-bond acceptors (Lipinski definition) is 3. The van der Waals surface area contributed by atoms with E-state index in [1.54, 1.807) is 0 Å². The van der Waals surface area contributed by atoms with Gasteiger partial charge in [-0.15, -0.1) is 0 Å². The first-order chi connectivity index (χ1) is 7.84. The van der Waals surface area contributed by atoms with Crippen LogP contribution in [0.25, 0.3) is 0 Å². The third-order valence-corrected chi connectivity index (χ3v) is 2.15. The highest BCUT2D eigenvalue weighted by molar-refractivity contribution is 5.96. The highest BCUT2D eigenvalue weighted by Crippen LogP contribution is 2.02. The molecule has 3 nitrogen and oxygen atoms in total. The van der Waals surface area contributed by atoms with E-state index >= 15 is 0 Å². The molecule has 0 bridgehead atoms. The minimum Gasteiger partial charge on any atom is -0.379 e. The second-order valence-electron chi connectivity index (χ2n) is 3.35. The van der Waals surface area contributed by atoms with Crippen molar-refractivity contribution in [3.05, 3.63) is 35.9 Å². The third kappa shape index (κ3) is 5.05. The van der Waals surface area contributed by atoms with Gasteiger partial charge in [0.1, 0.15) is 0 Å². The van der Waals surface area contributed by atoms with Gasteiger partial charge in [0, 0.05) is 18.6 Å². The van der Waals surface area contributed by atoms with Crippen molar-refractivity contribution < 1.29 is 14.3 Å². The zero-order valence-corrected chi connectivity index (χ0v) is 9.65. The third-order valence-electron chi connectivity index (χ3n) is 2.15. The first kappa shape index (κ1) is 12.9. The highest BCUT2D eigenvalue weighted by atomic mass is 16.5. The zero-order chi connectivity index (χ0) is 11.6. The van der Waals surface area contributed by atoms with Crippen LogP contribution in [0.5, 0.6) is 0 Å². The average Bonchev–Trinajstić information content (AvgIpc) is 2.34. The Hall–Kier alpha value is -1.19. The lowest BCUT2D eigenvalue weighted by Gasteiger charge is -2.04. The molecule has 0 atom stereocenters. The standard InChI is InChI=1S/C13H18O3/c1-2-15-10-11-16-9-8-13(14)12-6-4-3-5-7-12/h3-7H,2,8-11H2,1H3. The van der Waals surface area contributed by atoms with Crippen LogP contribution in [-0.2, 0) is 9.47 Å². The number of rotatable bonds is 8. The molecule has 0 saturated heterocycles. The summed E-state index contributed by atoms with van der Waals surface area (Å²) in [7, 11) is 0. The van der Waals surface area contributed by atoms with Crippen molar-refractivity contribution in [2.75, 3.05) is 26.4 Å². The second kappa shape index (κ2) is 8.02. The maximum Gasteiger partial charge on any atom is 0.165 e. The lowest BCUT2D eigenvalue weighted by Crippen LogP contribution is -2.08. The molecule has 0 aliphatic carbocycles. The Morgan fingerprint density at radius 2 is 1.75 bits per heavy atom. The molecule has 0 amide bonds. The minimum atomic E-state index is 0.122. The summed E-state index contributed by atoms with van der Waals surface area (Å²) >= 11 is 0. The van der Waals surface area contributed by atoms with Crippen molar-refractivity contribution >= 4 is 5.78 Å². The molecule has 0 heterocycles. The molecule has 0 fully saturated rings. The van der Waals surface area contributed by atoms with Gasteiger partial charge in [-0.2, -0.15) is 0 Å². The Morgan fingerprint density at radius 3 is 2.44 bits per heavy atom. The zero-order valence-electron chi connectivity index (χ0n) is 9.65. The molecule has 1 aromatic carbocycles. The van der Waals surface area contributed by atoms with Gasteiger partial charge in [-0.1, -0.05) is 30.3 Å². The van der Waals surface area contributed by atoms with Gasteiger partial charge in [-0.05, 0) is 6.92 Å². The van der Waals surface area contributed by atoms with Gasteiger partial charge in [0.25, 0.3) is 0 Å². The normalized spacial score (nSPS) is 10.3. The first-order valence-electron chi connectivity index (χ1n) is 5.58. The van der Waals surface area contributed by atoms with Crippen molar-refractivity contribution in [1.29, 1.82) is 0 Å². The van der Waals surface area contributed by atoms with Crippen LogP contribution >= 0.6 is 0 Å². The maximum atomic E-state index is 11.6. The van der Waals surface area contributed by atoms with Gasteiger partial charge in [0.05, 0.1) is 19.8 Å². The fraction of sp³-hybridized carbons (Fsp3) is 0.462. The first-order valence-corrected chi connectivity index (χ1v) is 5.58. The molecule has 3 heteroatoms. The minimum absolute atomic E-state index is 0.122. The highest BCUT2D eigenvalue weighted by Gasteiger charge is 2.03. The van der Waals surface area contributed by atoms with Gasteiger partial charge in [-0.3, -0.25) is 4.79 Å². The van der Waals surface area contributed by atoms with E-state index in [1.807, 2.05) is 37.3 Å². The van der Waals surface area contributed by atoms with E-state index in [1.165, 1.54) is 0 Å². The Labute approximate surface area is 96.4 Å². The molecular formula is C13H18O3. The Morgan fingerprint density at radius 1 is 1.06 bits per heavy atom. The summed E-state index contributed by atoms with van der Waals surface area (Å²) in [6.45, 7) is 4.25. The predicted molar refractivity (Wildman–Crippen MR) is 62.7 cm³/mol. The molecule has 16 heavy (non-hydrogen) atoms. The predicted octanol–water partition coefficient (Wildman–Crippen LogP) is 2.31. The molecule has 0 N–H and O–H groups in total. The number of ketones is 1. The molecule has 0 radical (unpaired) electrons. The van der Waals surface area contributed by atoms with E-state index in [9.17, 15) is 4.79 Å². The Kier molecular flexibility index (Phi) is 6.45. The van der Waals surface area contributed by atoms with E-state index < -0.39 is 0 Å². The number of carbonyl (C=O) groups is 1. The largest absolute Gasteiger partial charge is 0.379 e. The summed E-state index contributed by atoms with van der Waals surface area (Å²) in [6.07, 6.45) is 0.427. The average molecular weight is 222 g/mol. The number of Topliss-reactive ketones (excluding diaryl/α,β-unsaturated/α-hetero) is 1. The smallest absolute Gasteiger partial charge is 0.165 e. The van der Waals surface area contributed by atoms with Crippen molar-refractivity contribution in [3.8, 4) is 0 Å². The van der Waals surface area contributed by atoms with Gasteiger partial charge in [0.15, 0.2) is 5.78 Å². The topological polar surface area (TPSA) is 35.5 Å². The van der Waals surface area contributed by atoms with Crippen LogP contribution in [0.4, 0.5) is 0 Å². The SMILES string of the molecule is CCOCCOCCC(=O)c1ccccc1. The lowest BCUT2D eigenvalue weighted by molar-refractivity contribution is 0.0500. The van der Waals surface area contributed by atoms with E-state index in [0.29, 0.717) is 32.8 Å². The molecule has 0 aromatic heterocycles. The summed E-state index contributed by atoms with van der Waals surface area (Å²) in [4.78, 5) is 11.6. The monoisotopic (exact) mass is 222 g/mol. The van der Waals surface area contributed by atoms with Crippen LogP contribution in [0.3, 0.4) is 0 Å². The van der Waals surface area contributed by atoms with Crippen LogP contribution in [0.1, 0.15) is 23.7 Å². The van der Waals surface area contributed by atoms with Gasteiger partial charge < -0.3 is 9.47 Å². The van der Waals surface area contributed by atoms with E-state index in [2.05, 4.69) is 0 Å². The molecule has 0 aliphatic rings. The van der Waals surface area contributed by atoms with Crippen molar-refractivity contribution in [3.63, 3.8) is 0 Å². The van der Waals surface area contributed by atoms with E-state index in [0.717, 1.165) is 5.56 Å². The van der Waals surface area contributed by atoms with E-state index in [-0.39, 0.29) is 5.78 Å². The molecule has 0 aliphatic heterocycles. The van der Waals surface area contributed by atoms with Crippen LogP contribution in [0, 0.1) is 0 Å². The maximum absolute atomic E-state index is 11.6. The molecule has 1 aromatic rings. The molecule has 0 unspecified atom stereocenters. The molecule has 0 saturated carbocycles. The number of benzene rings is 1. The van der Waals surface area contributed by atoms with Crippen LogP contribution in [-0.4, -0.2) is 32.2 Å². The van der Waals surface area contributed by atoms with Crippen molar-refractivity contribution in [1.82, 2.24) is 0 Å². The van der Waals surface area contributed by atoms with Crippen molar-refractivity contribution in [2.24, 2.45) is 0 Å². The summed E-state index contributed by atoms with van der Waals surface area (Å²) in [5.41, 5.74) is 0.746. The Balaban J connectivity index is 2.12. The van der Waals surface area contributed by atoms with Gasteiger partial charge in [-0.25, -0.2) is 0 Å². The summed E-state index contributed by atoms with van der Waals surface area (Å²) in [5.74, 6) is 0.122. The van der Waals surface area contributed by atoms with Gasteiger partial charge in [0.2, 0.25) is 0 Å². The lowest BCUT2D eigenvalue weighted by atomic mass is 10.1. The van der Waals surface area contributed by atoms with Crippen LogP contribution < -0.4 is 0 Å². The number of hydrogen-bond donors (Lipinski definition) is 0. The molecular weight excluding hydrogens is 204 g/mol. The number of carbonyl (C=O) groups excluding carboxylic acids is 1. The fourth-order valence-corrected chi connectivity index (χ4v) is 1.30. The van der Waals surface area contributed by atoms with Crippen LogP contribution in [0.15, 0.2) is 30.3 Å². The quantitative estimate of drug-likeness (QED) is 0.500. The fourth-order valence-electron chi connectivity index (χ4n) is 1.30. The Bertz CT molecular complexity index is 295. The summed E-state index contributed by atoms with van der Waals surface area (Å²) < 4.78 is 10.4. The second-order valence-corrected chi connectivity index (χ2v) is 3.35. The summed E-state index contributed by atoms with van der Waals surface area (Å²) in [5, 5.41) is 0.